The SMILES string of the molecule is Cc1cccc(C(Cc2cc(-c3ccc(N(C)C)cc3)n(-c3ccccn3)n2)C(=O)O)c1. The van der Waals surface area contributed by atoms with Gasteiger partial charge in [-0.25, -0.2) is 9.67 Å². The molecule has 32 heavy (non-hydrogen) atoms. The Morgan fingerprint density at radius 2 is 1.81 bits per heavy atom. The zero-order valence-electron chi connectivity index (χ0n) is 18.4. The van der Waals surface area contributed by atoms with E-state index in [4.69, 9.17) is 5.10 Å². The van der Waals surface area contributed by atoms with Crippen LogP contribution >= 0.6 is 0 Å². The number of nitrogens with zero attached hydrogens (tertiary/aromatic N) is 4. The van der Waals surface area contributed by atoms with Crippen molar-refractivity contribution in [1.82, 2.24) is 14.8 Å². The summed E-state index contributed by atoms with van der Waals surface area (Å²) in [6.45, 7) is 1.97. The number of carbonyl (C=O) groups is 1. The highest BCUT2D eigenvalue weighted by atomic mass is 16.4. The lowest BCUT2D eigenvalue weighted by Crippen LogP contribution is -2.15. The fraction of sp³-hybridized carbons (Fsp3) is 0.192. The second-order valence-electron chi connectivity index (χ2n) is 8.07. The van der Waals surface area contributed by atoms with Crippen molar-refractivity contribution in [2.45, 2.75) is 19.3 Å². The topological polar surface area (TPSA) is 71.2 Å². The summed E-state index contributed by atoms with van der Waals surface area (Å²) in [5.41, 5.74) is 5.48. The lowest BCUT2D eigenvalue weighted by molar-refractivity contribution is -0.138. The molecule has 0 saturated heterocycles. The van der Waals surface area contributed by atoms with E-state index in [1.807, 2.05) is 86.6 Å². The van der Waals surface area contributed by atoms with E-state index in [2.05, 4.69) is 17.1 Å². The highest BCUT2D eigenvalue weighted by Gasteiger charge is 2.23. The van der Waals surface area contributed by atoms with E-state index < -0.39 is 11.9 Å². The van der Waals surface area contributed by atoms with E-state index in [-0.39, 0.29) is 0 Å². The number of rotatable bonds is 7. The van der Waals surface area contributed by atoms with Crippen molar-refractivity contribution in [3.63, 3.8) is 0 Å². The van der Waals surface area contributed by atoms with Crippen LogP contribution in [0.5, 0.6) is 0 Å². The van der Waals surface area contributed by atoms with Crippen LogP contribution in [0.4, 0.5) is 5.69 Å². The predicted octanol–water partition coefficient (Wildman–Crippen LogP) is 4.72. The molecule has 1 atom stereocenters. The molecule has 6 nitrogen and oxygen atoms in total. The molecule has 4 rings (SSSR count). The van der Waals surface area contributed by atoms with Crippen LogP contribution in [0.3, 0.4) is 0 Å². The Morgan fingerprint density at radius 1 is 1.03 bits per heavy atom. The van der Waals surface area contributed by atoms with Crippen molar-refractivity contribution in [1.29, 1.82) is 0 Å². The van der Waals surface area contributed by atoms with Gasteiger partial charge in [0.25, 0.3) is 0 Å². The second-order valence-corrected chi connectivity index (χ2v) is 8.07. The number of hydrogen-bond acceptors (Lipinski definition) is 4. The molecule has 1 unspecified atom stereocenters. The summed E-state index contributed by atoms with van der Waals surface area (Å²) >= 11 is 0. The molecule has 0 radical (unpaired) electrons. The van der Waals surface area contributed by atoms with Gasteiger partial charge in [-0.1, -0.05) is 48.0 Å². The lowest BCUT2D eigenvalue weighted by atomic mass is 9.93. The van der Waals surface area contributed by atoms with E-state index in [1.165, 1.54) is 0 Å². The molecule has 0 saturated carbocycles. The smallest absolute Gasteiger partial charge is 0.311 e. The summed E-state index contributed by atoms with van der Waals surface area (Å²) in [5, 5.41) is 14.7. The van der Waals surface area contributed by atoms with Gasteiger partial charge in [0.15, 0.2) is 5.82 Å². The van der Waals surface area contributed by atoms with Gasteiger partial charge < -0.3 is 10.0 Å². The third-order valence-electron chi connectivity index (χ3n) is 5.46. The summed E-state index contributed by atoms with van der Waals surface area (Å²) in [4.78, 5) is 18.6. The summed E-state index contributed by atoms with van der Waals surface area (Å²) in [5.74, 6) is -0.848. The minimum absolute atomic E-state index is 0.293. The zero-order valence-corrected chi connectivity index (χ0v) is 18.4. The van der Waals surface area contributed by atoms with Crippen molar-refractivity contribution in [2.75, 3.05) is 19.0 Å². The Balaban J connectivity index is 1.75. The Kier molecular flexibility index (Phi) is 6.03. The van der Waals surface area contributed by atoms with Crippen molar-refractivity contribution in [3.8, 4) is 17.1 Å². The molecule has 0 aliphatic carbocycles. The number of hydrogen-bond donors (Lipinski definition) is 1. The molecule has 0 spiro atoms. The van der Waals surface area contributed by atoms with Crippen LogP contribution in [0.2, 0.25) is 0 Å². The number of benzene rings is 2. The number of pyridine rings is 1. The number of anilines is 1. The molecular formula is C26H26N4O2. The fourth-order valence-electron chi connectivity index (χ4n) is 3.76. The van der Waals surface area contributed by atoms with Crippen LogP contribution in [0.15, 0.2) is 79.0 Å². The van der Waals surface area contributed by atoms with Crippen molar-refractivity contribution in [3.05, 3.63) is 95.8 Å². The molecule has 2 heterocycles. The first-order chi connectivity index (χ1) is 15.4. The number of aliphatic carboxylic acids is 1. The summed E-state index contributed by atoms with van der Waals surface area (Å²) in [6, 6.07) is 23.5. The second kappa shape index (κ2) is 9.06. The van der Waals surface area contributed by atoms with E-state index in [0.717, 1.165) is 28.1 Å². The number of aryl methyl sites for hydroxylation is 1. The molecule has 2 aromatic heterocycles. The summed E-state index contributed by atoms with van der Waals surface area (Å²) in [7, 11) is 4.01. The van der Waals surface area contributed by atoms with Crippen LogP contribution < -0.4 is 4.90 Å². The molecule has 0 bridgehead atoms. The van der Waals surface area contributed by atoms with Crippen molar-refractivity contribution < 1.29 is 9.90 Å². The molecule has 0 aliphatic rings. The number of carboxylic acid groups (broad SMARTS) is 1. The van der Waals surface area contributed by atoms with E-state index in [1.54, 1.807) is 10.9 Å². The molecule has 162 valence electrons. The normalized spacial score (nSPS) is 11.8. The van der Waals surface area contributed by atoms with Gasteiger partial charge in [0, 0.05) is 38.0 Å². The van der Waals surface area contributed by atoms with Crippen LogP contribution in [-0.2, 0) is 11.2 Å². The highest BCUT2D eigenvalue weighted by Crippen LogP contribution is 2.28. The quantitative estimate of drug-likeness (QED) is 0.463. The monoisotopic (exact) mass is 426 g/mol. The van der Waals surface area contributed by atoms with Crippen LogP contribution in [-0.4, -0.2) is 39.9 Å². The van der Waals surface area contributed by atoms with Crippen molar-refractivity contribution >= 4 is 11.7 Å². The van der Waals surface area contributed by atoms with Gasteiger partial charge in [-0.3, -0.25) is 4.79 Å². The maximum Gasteiger partial charge on any atom is 0.311 e. The summed E-state index contributed by atoms with van der Waals surface area (Å²) in [6.07, 6.45) is 2.02. The van der Waals surface area contributed by atoms with E-state index in [9.17, 15) is 9.90 Å². The van der Waals surface area contributed by atoms with Gasteiger partial charge in [0.05, 0.1) is 17.3 Å². The summed E-state index contributed by atoms with van der Waals surface area (Å²) < 4.78 is 1.79. The fourth-order valence-corrected chi connectivity index (χ4v) is 3.76. The predicted molar refractivity (Wildman–Crippen MR) is 126 cm³/mol. The third kappa shape index (κ3) is 4.54. The lowest BCUT2D eigenvalue weighted by Gasteiger charge is -2.13. The number of carboxylic acids is 1. The van der Waals surface area contributed by atoms with Crippen LogP contribution in [0, 0.1) is 6.92 Å². The maximum absolute atomic E-state index is 12.1. The van der Waals surface area contributed by atoms with Gasteiger partial charge >= 0.3 is 5.97 Å². The molecule has 0 fully saturated rings. The maximum atomic E-state index is 12.1. The molecule has 0 aliphatic heterocycles. The Hall–Kier alpha value is -3.93. The Bertz CT molecular complexity index is 1210. The van der Waals surface area contributed by atoms with Gasteiger partial charge in [0.1, 0.15) is 0 Å². The Morgan fingerprint density at radius 3 is 2.44 bits per heavy atom. The molecule has 1 N–H and O–H groups in total. The molecule has 6 heteroatoms. The van der Waals surface area contributed by atoms with Gasteiger partial charge in [0.2, 0.25) is 0 Å². The first kappa shape index (κ1) is 21.3. The van der Waals surface area contributed by atoms with Crippen LogP contribution in [0.25, 0.3) is 17.1 Å². The van der Waals surface area contributed by atoms with Gasteiger partial charge in [-0.15, -0.1) is 0 Å². The molecular weight excluding hydrogens is 400 g/mol. The standard InChI is InChI=1S/C26H26N4O2/c1-18-7-6-8-20(15-18)23(26(31)32)16-21-17-24(19-10-12-22(13-11-19)29(2)3)30(28-21)25-9-4-5-14-27-25/h4-15,17,23H,16H2,1-3H3,(H,31,32). The van der Waals surface area contributed by atoms with Gasteiger partial charge in [-0.05, 0) is 42.8 Å². The van der Waals surface area contributed by atoms with Gasteiger partial charge in [-0.2, -0.15) is 5.10 Å². The minimum Gasteiger partial charge on any atom is -0.481 e. The average Bonchev–Trinajstić information content (AvgIpc) is 3.22. The number of aromatic nitrogens is 3. The van der Waals surface area contributed by atoms with E-state index >= 15 is 0 Å². The first-order valence-electron chi connectivity index (χ1n) is 10.5. The van der Waals surface area contributed by atoms with Crippen molar-refractivity contribution in [2.24, 2.45) is 0 Å². The molecule has 4 aromatic rings. The first-order valence-corrected chi connectivity index (χ1v) is 10.5. The minimum atomic E-state index is -0.861. The zero-order chi connectivity index (χ0) is 22.7. The third-order valence-corrected chi connectivity index (χ3v) is 5.46. The van der Waals surface area contributed by atoms with E-state index in [0.29, 0.717) is 17.9 Å². The average molecular weight is 427 g/mol. The highest BCUT2D eigenvalue weighted by molar-refractivity contribution is 5.76. The van der Waals surface area contributed by atoms with Crippen LogP contribution in [0.1, 0.15) is 22.7 Å². The largest absolute Gasteiger partial charge is 0.481 e. The molecule has 2 aromatic carbocycles. The Labute approximate surface area is 187 Å². The molecule has 0 amide bonds.